The van der Waals surface area contributed by atoms with E-state index >= 15 is 0 Å². The summed E-state index contributed by atoms with van der Waals surface area (Å²) in [4.78, 5) is 38.6. The first kappa shape index (κ1) is 51.0. The Hall–Kier alpha value is -5.33. The number of carbonyl (C=O) groups is 2. The third kappa shape index (κ3) is 16.5. The predicted octanol–water partition coefficient (Wildman–Crippen LogP) is 14.0. The van der Waals surface area contributed by atoms with E-state index < -0.39 is 12.0 Å². The van der Waals surface area contributed by atoms with Crippen LogP contribution in [-0.4, -0.2) is 42.5 Å². The van der Waals surface area contributed by atoms with Gasteiger partial charge in [-0.2, -0.15) is 0 Å². The Morgan fingerprint density at radius 1 is 0.806 bits per heavy atom. The zero-order valence-electron chi connectivity index (χ0n) is 38.7. The van der Waals surface area contributed by atoms with Crippen molar-refractivity contribution in [2.75, 3.05) is 29.9 Å². The average Bonchev–Trinajstić information content (AvgIpc) is 3.55. The van der Waals surface area contributed by atoms with Crippen LogP contribution in [0.5, 0.6) is 5.75 Å². The topological polar surface area (TPSA) is 94.4 Å². The minimum absolute atomic E-state index is 0.0156. The number of unbranched alkanes of at least 4 members (excludes halogenated alkanes) is 15. The van der Waals surface area contributed by atoms with Crippen LogP contribution in [0.4, 0.5) is 11.4 Å². The van der Waals surface area contributed by atoms with Crippen molar-refractivity contribution in [2.24, 2.45) is 0 Å². The Morgan fingerprint density at radius 2 is 1.42 bits per heavy atom. The molecule has 1 aliphatic heterocycles. The number of anilines is 2. The van der Waals surface area contributed by atoms with E-state index in [2.05, 4.69) is 52.8 Å². The molecule has 334 valence electrons. The lowest BCUT2D eigenvalue weighted by Crippen LogP contribution is -2.33. The van der Waals surface area contributed by atoms with Crippen molar-refractivity contribution < 1.29 is 14.3 Å². The number of aryl methyl sites for hydroxylation is 1. The Kier molecular flexibility index (Phi) is 24.6. The summed E-state index contributed by atoms with van der Waals surface area (Å²) in [6.07, 6.45) is 26.9. The standard InChI is InChI=1S/C53H74N6O3/c1-8-13-17-18-19-20-21-22-23-24-25-26-27-29-42-30-28-31-45(39-42)62-49(12-5)52(60)57-47-40-44(58(36-14-9-2)37-15-10-3)34-32-43(47)33-35-46-50(56-7)51(48(41-54)55-6)59(53(46)61)38-16-11-4/h28,30-35,39-40,49H,8-27,29,36-38H2,1-5H3,(H,57,60)/b35-33+,51-48+. The van der Waals surface area contributed by atoms with Crippen LogP contribution in [0.2, 0.25) is 0 Å². The maximum Gasteiger partial charge on any atom is 0.274 e. The van der Waals surface area contributed by atoms with Crippen molar-refractivity contribution in [1.82, 2.24) is 4.90 Å². The molecule has 9 nitrogen and oxygen atoms in total. The van der Waals surface area contributed by atoms with Crippen LogP contribution < -0.4 is 15.0 Å². The zero-order valence-corrected chi connectivity index (χ0v) is 38.7. The second-order valence-corrected chi connectivity index (χ2v) is 16.5. The highest BCUT2D eigenvalue weighted by Crippen LogP contribution is 2.35. The van der Waals surface area contributed by atoms with Gasteiger partial charge in [0.05, 0.1) is 30.6 Å². The molecule has 0 radical (unpaired) electrons. The number of nitriles is 1. The monoisotopic (exact) mass is 843 g/mol. The van der Waals surface area contributed by atoms with Crippen LogP contribution in [0.1, 0.15) is 174 Å². The van der Waals surface area contributed by atoms with Gasteiger partial charge >= 0.3 is 0 Å². The normalized spacial score (nSPS) is 13.8. The molecule has 2 aromatic rings. The lowest BCUT2D eigenvalue weighted by molar-refractivity contribution is -0.124. The lowest BCUT2D eigenvalue weighted by Gasteiger charge is -2.26. The molecule has 1 atom stereocenters. The summed E-state index contributed by atoms with van der Waals surface area (Å²) in [6.45, 7) is 28.2. The van der Waals surface area contributed by atoms with Gasteiger partial charge in [-0.3, -0.25) is 9.59 Å². The van der Waals surface area contributed by atoms with E-state index in [0.717, 1.165) is 63.7 Å². The summed E-state index contributed by atoms with van der Waals surface area (Å²) in [5.74, 6) is -0.0284. The lowest BCUT2D eigenvalue weighted by atomic mass is 10.0. The molecule has 1 heterocycles. The fraction of sp³-hybridized carbons (Fsp3) is 0.566. The van der Waals surface area contributed by atoms with E-state index in [4.69, 9.17) is 17.9 Å². The molecule has 0 saturated carbocycles. The van der Waals surface area contributed by atoms with Crippen molar-refractivity contribution >= 4 is 29.3 Å². The molecule has 1 N–H and O–H groups in total. The number of ether oxygens (including phenoxy) is 1. The summed E-state index contributed by atoms with van der Waals surface area (Å²) in [7, 11) is 0. The highest BCUT2D eigenvalue weighted by molar-refractivity contribution is 6.05. The van der Waals surface area contributed by atoms with Gasteiger partial charge in [-0.1, -0.05) is 161 Å². The average molecular weight is 843 g/mol. The van der Waals surface area contributed by atoms with Crippen LogP contribution in [0.25, 0.3) is 15.8 Å². The van der Waals surface area contributed by atoms with Gasteiger partial charge in [-0.15, -0.1) is 0 Å². The number of hydrogen-bond donors (Lipinski definition) is 1. The highest BCUT2D eigenvalue weighted by atomic mass is 16.5. The maximum atomic E-state index is 14.1. The second-order valence-electron chi connectivity index (χ2n) is 16.5. The summed E-state index contributed by atoms with van der Waals surface area (Å²) in [5.41, 5.74) is 3.29. The van der Waals surface area contributed by atoms with Crippen molar-refractivity contribution in [3.63, 3.8) is 0 Å². The summed E-state index contributed by atoms with van der Waals surface area (Å²) >= 11 is 0. The summed E-state index contributed by atoms with van der Waals surface area (Å²) < 4.78 is 6.38. The van der Waals surface area contributed by atoms with Gasteiger partial charge in [-0.25, -0.2) is 15.0 Å². The van der Waals surface area contributed by atoms with Crippen LogP contribution in [0.15, 0.2) is 71.2 Å². The van der Waals surface area contributed by atoms with Gasteiger partial charge in [0.15, 0.2) is 6.10 Å². The van der Waals surface area contributed by atoms with E-state index in [1.54, 1.807) is 12.2 Å². The van der Waals surface area contributed by atoms with Gasteiger partial charge in [0.2, 0.25) is 11.6 Å². The number of amides is 2. The van der Waals surface area contributed by atoms with Crippen molar-refractivity contribution in [2.45, 2.75) is 176 Å². The van der Waals surface area contributed by atoms with Crippen molar-refractivity contribution in [1.29, 1.82) is 5.26 Å². The van der Waals surface area contributed by atoms with Gasteiger partial charge < -0.3 is 19.9 Å². The highest BCUT2D eigenvalue weighted by Gasteiger charge is 2.36. The minimum atomic E-state index is -0.746. The largest absolute Gasteiger partial charge is 0.481 e. The predicted molar refractivity (Wildman–Crippen MR) is 256 cm³/mol. The fourth-order valence-electron chi connectivity index (χ4n) is 7.82. The van der Waals surface area contributed by atoms with Crippen molar-refractivity contribution in [3.05, 3.63) is 105 Å². The summed E-state index contributed by atoms with van der Waals surface area (Å²) in [5, 5.41) is 12.9. The third-order valence-corrected chi connectivity index (χ3v) is 11.6. The Balaban J connectivity index is 1.79. The van der Waals surface area contributed by atoms with Crippen LogP contribution >= 0.6 is 0 Å². The van der Waals surface area contributed by atoms with E-state index in [9.17, 15) is 14.9 Å². The molecule has 0 aromatic heterocycles. The first-order chi connectivity index (χ1) is 30.3. The van der Waals surface area contributed by atoms with Gasteiger partial charge in [-0.05, 0) is 73.9 Å². The maximum absolute atomic E-state index is 14.1. The Morgan fingerprint density at radius 3 is 1.98 bits per heavy atom. The molecule has 1 aliphatic rings. The fourth-order valence-corrected chi connectivity index (χ4v) is 7.82. The SMILES string of the molecule is [C-]#[N+]C1=C(/C=C/c2ccc(N(CCCC)CCCC)cc2NC(=O)C(CC)Oc2cccc(CCCCCCCCCCCCCCC)c2)C(=O)N(CCCC)/C1=C(\C#N)[N+]#[C-]. The Labute approximate surface area is 374 Å². The molecule has 0 fully saturated rings. The Bertz CT molecular complexity index is 1900. The molecule has 0 aliphatic carbocycles. The molecular formula is C53H74N6O3. The van der Waals surface area contributed by atoms with Gasteiger partial charge in [0, 0.05) is 30.9 Å². The first-order valence-electron chi connectivity index (χ1n) is 23.9. The van der Waals surface area contributed by atoms with E-state index in [0.29, 0.717) is 36.4 Å². The third-order valence-electron chi connectivity index (χ3n) is 11.6. The molecule has 62 heavy (non-hydrogen) atoms. The molecule has 0 bridgehead atoms. The molecular weight excluding hydrogens is 769 g/mol. The molecule has 2 amide bonds. The molecule has 9 heteroatoms. The summed E-state index contributed by atoms with van der Waals surface area (Å²) in [6, 6.07) is 15.9. The second kappa shape index (κ2) is 29.8. The van der Waals surface area contributed by atoms with Gasteiger partial charge in [0.1, 0.15) is 5.75 Å². The number of benzene rings is 2. The first-order valence-corrected chi connectivity index (χ1v) is 23.9. The quantitative estimate of drug-likeness (QED) is 0.0463. The number of nitrogens with zero attached hydrogens (tertiary/aromatic N) is 5. The van der Waals surface area contributed by atoms with Crippen LogP contribution in [0, 0.1) is 24.5 Å². The van der Waals surface area contributed by atoms with E-state index in [1.807, 2.05) is 50.2 Å². The van der Waals surface area contributed by atoms with Crippen LogP contribution in [0.3, 0.4) is 0 Å². The van der Waals surface area contributed by atoms with E-state index in [1.165, 1.54) is 87.5 Å². The minimum Gasteiger partial charge on any atom is -0.481 e. The smallest absolute Gasteiger partial charge is 0.274 e. The zero-order chi connectivity index (χ0) is 45.0. The number of hydrogen-bond acceptors (Lipinski definition) is 5. The number of rotatable bonds is 31. The van der Waals surface area contributed by atoms with Crippen molar-refractivity contribution in [3.8, 4) is 11.8 Å². The molecule has 2 aromatic carbocycles. The number of nitrogens with one attached hydrogen (secondary N) is 1. The number of carbonyl (C=O) groups excluding carboxylic acids is 2. The molecule has 0 spiro atoms. The molecule has 1 unspecified atom stereocenters. The van der Waals surface area contributed by atoms with Gasteiger partial charge in [0.25, 0.3) is 11.6 Å². The molecule has 3 rings (SSSR count). The number of allylic oxidation sites excluding steroid dienone is 1. The van der Waals surface area contributed by atoms with E-state index in [-0.39, 0.29) is 28.6 Å². The molecule has 0 saturated heterocycles. The van der Waals surface area contributed by atoms with Crippen LogP contribution in [-0.2, 0) is 16.0 Å².